The van der Waals surface area contributed by atoms with Gasteiger partial charge in [-0.3, -0.25) is 14.6 Å². The van der Waals surface area contributed by atoms with Crippen molar-refractivity contribution in [3.8, 4) is 21.6 Å². The standard InChI is InChI=1S/C17H14N2OS.C14H19NO3/c20-12-19-11-13-1-3-15(4-2-13)17-16(7-10-21-17)14-5-8-18-9-6-14;1-10(16)13(17)14(18)15-9-5-8-12(15)11-6-3-2-4-7-11/h1-10,12H,11H2,(H,19,20);2-4,6-7,10,12-13,16-17H,5,8-9H2,1H3. The van der Waals surface area contributed by atoms with Gasteiger partial charge in [-0.05, 0) is 65.6 Å². The van der Waals surface area contributed by atoms with Crippen molar-refractivity contribution in [2.75, 3.05) is 6.54 Å². The highest BCUT2D eigenvalue weighted by atomic mass is 32.1. The van der Waals surface area contributed by atoms with Crippen molar-refractivity contribution < 1.29 is 19.8 Å². The lowest BCUT2D eigenvalue weighted by atomic mass is 10.0. The maximum Gasteiger partial charge on any atom is 0.254 e. The molecule has 7 nitrogen and oxygen atoms in total. The smallest absolute Gasteiger partial charge is 0.254 e. The summed E-state index contributed by atoms with van der Waals surface area (Å²) in [6, 6.07) is 24.3. The molecule has 8 heteroatoms. The molecule has 1 aliphatic rings. The molecule has 0 bridgehead atoms. The van der Waals surface area contributed by atoms with E-state index >= 15 is 0 Å². The second-order valence-corrected chi connectivity index (χ2v) is 10.3. The van der Waals surface area contributed by atoms with Crippen molar-refractivity contribution in [2.45, 2.75) is 44.6 Å². The van der Waals surface area contributed by atoms with Gasteiger partial charge in [0.05, 0.1) is 12.1 Å². The Labute approximate surface area is 232 Å². The number of thiophene rings is 1. The Morgan fingerprint density at radius 3 is 2.44 bits per heavy atom. The van der Waals surface area contributed by atoms with Gasteiger partial charge in [0, 0.05) is 35.9 Å². The highest BCUT2D eigenvalue weighted by molar-refractivity contribution is 7.14. The summed E-state index contributed by atoms with van der Waals surface area (Å²) in [5.74, 6) is -0.378. The zero-order chi connectivity index (χ0) is 27.6. The number of amides is 2. The van der Waals surface area contributed by atoms with Crippen LogP contribution >= 0.6 is 11.3 Å². The Morgan fingerprint density at radius 2 is 1.77 bits per heavy atom. The fourth-order valence-corrected chi connectivity index (χ4v) is 5.58. The summed E-state index contributed by atoms with van der Waals surface area (Å²) in [5.41, 5.74) is 5.76. The molecule has 2 aromatic carbocycles. The number of likely N-dealkylation sites (tertiary alicyclic amines) is 1. The monoisotopic (exact) mass is 543 g/mol. The Morgan fingerprint density at radius 1 is 1.05 bits per heavy atom. The topological polar surface area (TPSA) is 103 Å². The first-order valence-corrected chi connectivity index (χ1v) is 13.8. The summed E-state index contributed by atoms with van der Waals surface area (Å²) < 4.78 is 0. The van der Waals surface area contributed by atoms with E-state index in [1.54, 1.807) is 16.2 Å². The number of rotatable bonds is 8. The Balaban J connectivity index is 0.000000183. The Bertz CT molecular complexity index is 1330. The number of aliphatic hydroxyl groups is 2. The van der Waals surface area contributed by atoms with Crippen molar-refractivity contribution in [3.05, 3.63) is 102 Å². The van der Waals surface area contributed by atoms with Crippen LogP contribution in [0, 0.1) is 0 Å². The van der Waals surface area contributed by atoms with E-state index in [2.05, 4.69) is 33.9 Å². The normalized spacial score (nSPS) is 16.1. The molecule has 3 N–H and O–H groups in total. The zero-order valence-electron chi connectivity index (χ0n) is 21.8. The van der Waals surface area contributed by atoms with Gasteiger partial charge in [0.2, 0.25) is 6.41 Å². The van der Waals surface area contributed by atoms with Crippen molar-refractivity contribution in [3.63, 3.8) is 0 Å². The average molecular weight is 544 g/mol. The van der Waals surface area contributed by atoms with Crippen LogP contribution in [0.4, 0.5) is 0 Å². The SMILES string of the molecule is CC(O)C(O)C(=O)N1CCCC1c1ccccc1.O=CNCc1ccc(-c2sccc2-c2ccncc2)cc1. The van der Waals surface area contributed by atoms with E-state index in [0.29, 0.717) is 19.5 Å². The van der Waals surface area contributed by atoms with Gasteiger partial charge in [0.1, 0.15) is 0 Å². The highest BCUT2D eigenvalue weighted by Crippen LogP contribution is 2.36. The minimum absolute atomic E-state index is 0.0205. The van der Waals surface area contributed by atoms with Crippen molar-refractivity contribution in [1.29, 1.82) is 0 Å². The fraction of sp³-hybridized carbons (Fsp3) is 0.258. The van der Waals surface area contributed by atoms with Crippen LogP contribution < -0.4 is 5.32 Å². The van der Waals surface area contributed by atoms with Crippen molar-refractivity contribution in [1.82, 2.24) is 15.2 Å². The molecule has 1 saturated heterocycles. The lowest BCUT2D eigenvalue weighted by Gasteiger charge is -2.28. The van der Waals surface area contributed by atoms with Gasteiger partial charge in [-0.2, -0.15) is 0 Å². The van der Waals surface area contributed by atoms with E-state index in [-0.39, 0.29) is 11.9 Å². The number of hydrogen-bond donors (Lipinski definition) is 3. The maximum absolute atomic E-state index is 12.1. The van der Waals surface area contributed by atoms with Crippen molar-refractivity contribution >= 4 is 23.7 Å². The second kappa shape index (κ2) is 13.8. The molecule has 2 amide bonds. The average Bonchev–Trinajstić information content (AvgIpc) is 3.67. The third-order valence-corrected chi connectivity index (χ3v) is 7.66. The molecule has 1 aliphatic heterocycles. The second-order valence-electron chi connectivity index (χ2n) is 9.38. The molecule has 3 heterocycles. The molecule has 5 rings (SSSR count). The third-order valence-electron chi connectivity index (χ3n) is 6.69. The number of pyridine rings is 1. The molecule has 3 atom stereocenters. The van der Waals surface area contributed by atoms with Gasteiger partial charge in [0.15, 0.2) is 6.10 Å². The predicted molar refractivity (Wildman–Crippen MR) is 154 cm³/mol. The number of carbonyl (C=O) groups excluding carboxylic acids is 2. The molecule has 3 unspecified atom stereocenters. The Kier molecular flexibility index (Phi) is 9.97. The van der Waals surface area contributed by atoms with E-state index in [4.69, 9.17) is 0 Å². The minimum Gasteiger partial charge on any atom is -0.390 e. The highest BCUT2D eigenvalue weighted by Gasteiger charge is 2.34. The number of benzene rings is 2. The number of aliphatic hydroxyl groups excluding tert-OH is 2. The summed E-state index contributed by atoms with van der Waals surface area (Å²) in [7, 11) is 0. The minimum atomic E-state index is -1.32. The fourth-order valence-electron chi connectivity index (χ4n) is 4.65. The van der Waals surface area contributed by atoms with E-state index in [1.165, 1.54) is 28.5 Å². The van der Waals surface area contributed by atoms with E-state index in [1.807, 2.05) is 67.0 Å². The number of nitrogens with zero attached hydrogens (tertiary/aromatic N) is 2. The van der Waals surface area contributed by atoms with Gasteiger partial charge in [-0.25, -0.2) is 0 Å². The third kappa shape index (κ3) is 7.17. The van der Waals surface area contributed by atoms with Crippen LogP contribution in [-0.2, 0) is 16.1 Å². The van der Waals surface area contributed by atoms with Gasteiger partial charge in [-0.1, -0.05) is 54.6 Å². The molecule has 0 spiro atoms. The first-order chi connectivity index (χ1) is 19.0. The largest absolute Gasteiger partial charge is 0.390 e. The number of hydrogen-bond acceptors (Lipinski definition) is 6. The number of carbonyl (C=O) groups is 2. The quantitative estimate of drug-likeness (QED) is 0.277. The van der Waals surface area contributed by atoms with Crippen LogP contribution in [-0.4, -0.2) is 51.2 Å². The zero-order valence-corrected chi connectivity index (χ0v) is 22.6. The van der Waals surface area contributed by atoms with Crippen LogP contribution in [0.25, 0.3) is 21.6 Å². The van der Waals surface area contributed by atoms with Crippen molar-refractivity contribution in [2.24, 2.45) is 0 Å². The summed E-state index contributed by atoms with van der Waals surface area (Å²) in [6.45, 7) is 2.63. The van der Waals surface area contributed by atoms with Crippen LogP contribution in [0.1, 0.15) is 36.9 Å². The lowest BCUT2D eigenvalue weighted by molar-refractivity contribution is -0.146. The molecule has 2 aromatic heterocycles. The summed E-state index contributed by atoms with van der Waals surface area (Å²) >= 11 is 1.73. The van der Waals surface area contributed by atoms with Gasteiger partial charge >= 0.3 is 0 Å². The number of nitrogens with one attached hydrogen (secondary N) is 1. The van der Waals surface area contributed by atoms with Crippen LogP contribution in [0.3, 0.4) is 0 Å². The Hall–Kier alpha value is -3.85. The maximum atomic E-state index is 12.1. The molecule has 4 aromatic rings. The summed E-state index contributed by atoms with van der Waals surface area (Å²) in [6.07, 6.45) is 3.81. The molecule has 0 radical (unpaired) electrons. The van der Waals surface area contributed by atoms with Gasteiger partial charge in [0.25, 0.3) is 5.91 Å². The van der Waals surface area contributed by atoms with E-state index in [9.17, 15) is 19.8 Å². The van der Waals surface area contributed by atoms with E-state index < -0.39 is 12.2 Å². The number of aromatic nitrogens is 1. The first-order valence-electron chi connectivity index (χ1n) is 13.0. The molecular weight excluding hydrogens is 510 g/mol. The first kappa shape index (κ1) is 28.2. The van der Waals surface area contributed by atoms with Crippen LogP contribution in [0.15, 0.2) is 90.6 Å². The van der Waals surface area contributed by atoms with Crippen LogP contribution in [0.5, 0.6) is 0 Å². The van der Waals surface area contributed by atoms with Gasteiger partial charge in [-0.15, -0.1) is 11.3 Å². The van der Waals surface area contributed by atoms with Gasteiger partial charge < -0.3 is 20.4 Å². The molecule has 1 fully saturated rings. The molecular formula is C31H33N3O4S. The molecule has 202 valence electrons. The summed E-state index contributed by atoms with van der Waals surface area (Å²) in [5, 5.41) is 23.8. The lowest BCUT2D eigenvalue weighted by Crippen LogP contribution is -2.43. The molecule has 0 saturated carbocycles. The van der Waals surface area contributed by atoms with Crippen LogP contribution in [0.2, 0.25) is 0 Å². The van der Waals surface area contributed by atoms with E-state index in [0.717, 1.165) is 24.0 Å². The molecule has 0 aliphatic carbocycles. The molecule has 39 heavy (non-hydrogen) atoms. The summed E-state index contributed by atoms with van der Waals surface area (Å²) in [4.78, 5) is 29.4. The predicted octanol–water partition coefficient (Wildman–Crippen LogP) is 4.81.